The highest BCUT2D eigenvalue weighted by Crippen LogP contribution is 2.29. The molecular weight excluding hydrogens is 324 g/mol. The molecule has 2 fully saturated rings. The molecule has 1 saturated carbocycles. The summed E-state index contributed by atoms with van der Waals surface area (Å²) in [7, 11) is 0. The Balaban J connectivity index is 1.28. The first-order chi connectivity index (χ1) is 12.8. The lowest BCUT2D eigenvalue weighted by atomic mass is 10.0. The number of likely N-dealkylation sites (tertiary alicyclic amines) is 1. The van der Waals surface area contributed by atoms with Crippen molar-refractivity contribution in [1.82, 2.24) is 9.88 Å². The third-order valence-electron chi connectivity index (χ3n) is 5.93. The van der Waals surface area contributed by atoms with Crippen LogP contribution < -0.4 is 4.74 Å². The van der Waals surface area contributed by atoms with Crippen LogP contribution in [0.5, 0.6) is 5.75 Å². The van der Waals surface area contributed by atoms with E-state index in [1.807, 2.05) is 23.1 Å². The van der Waals surface area contributed by atoms with Crippen molar-refractivity contribution in [3.05, 3.63) is 36.5 Å². The van der Waals surface area contributed by atoms with Gasteiger partial charge in [0.15, 0.2) is 0 Å². The molecule has 4 heteroatoms. The lowest BCUT2D eigenvalue weighted by molar-refractivity contribution is -0.133. The van der Waals surface area contributed by atoms with E-state index in [1.54, 1.807) is 6.20 Å². The number of piperidine rings is 1. The molecule has 0 atom stereocenters. The van der Waals surface area contributed by atoms with Gasteiger partial charge in [-0.05, 0) is 24.5 Å². The number of para-hydroxylation sites is 1. The van der Waals surface area contributed by atoms with E-state index in [2.05, 4.69) is 17.1 Å². The molecule has 1 aromatic carbocycles. The van der Waals surface area contributed by atoms with Crippen LogP contribution in [0.15, 0.2) is 36.5 Å². The van der Waals surface area contributed by atoms with E-state index in [0.29, 0.717) is 5.91 Å². The highest BCUT2D eigenvalue weighted by Gasteiger charge is 2.25. The predicted molar refractivity (Wildman–Crippen MR) is 103 cm³/mol. The lowest BCUT2D eigenvalue weighted by Gasteiger charge is -2.32. The second kappa shape index (κ2) is 8.07. The average Bonchev–Trinajstić information content (AvgIpc) is 3.21. The number of carbonyl (C=O) groups is 1. The number of hydrogen-bond donors (Lipinski definition) is 0. The van der Waals surface area contributed by atoms with Crippen molar-refractivity contribution >= 4 is 16.8 Å². The summed E-state index contributed by atoms with van der Waals surface area (Å²) in [5.74, 6) is 1.98. The van der Waals surface area contributed by atoms with E-state index in [0.717, 1.165) is 61.3 Å². The molecule has 4 rings (SSSR count). The Bertz CT molecular complexity index is 741. The standard InChI is InChI=1S/C22H28N2O2/c25-21(11-10-17-5-1-2-6-17)24-15-12-19(13-16-24)26-20-9-3-7-18-8-4-14-23-22(18)20/h3-4,7-9,14,17,19H,1-2,5-6,10-13,15-16H2. The van der Waals surface area contributed by atoms with E-state index in [1.165, 1.54) is 25.7 Å². The molecule has 0 spiro atoms. The highest BCUT2D eigenvalue weighted by atomic mass is 16.5. The number of pyridine rings is 1. The number of aromatic nitrogens is 1. The molecule has 2 aromatic rings. The molecule has 1 aromatic heterocycles. The summed E-state index contributed by atoms with van der Waals surface area (Å²) < 4.78 is 6.24. The maximum absolute atomic E-state index is 12.5. The Labute approximate surface area is 155 Å². The monoisotopic (exact) mass is 352 g/mol. The first-order valence-electron chi connectivity index (χ1n) is 10.1. The summed E-state index contributed by atoms with van der Waals surface area (Å²) >= 11 is 0. The molecule has 0 unspecified atom stereocenters. The molecule has 2 aliphatic rings. The molecule has 4 nitrogen and oxygen atoms in total. The first kappa shape index (κ1) is 17.3. The molecule has 0 N–H and O–H groups in total. The zero-order valence-corrected chi connectivity index (χ0v) is 15.4. The van der Waals surface area contributed by atoms with Crippen molar-refractivity contribution in [1.29, 1.82) is 0 Å². The number of fused-ring (bicyclic) bond motifs is 1. The van der Waals surface area contributed by atoms with Crippen molar-refractivity contribution in [2.45, 2.75) is 57.5 Å². The van der Waals surface area contributed by atoms with Crippen molar-refractivity contribution in [2.75, 3.05) is 13.1 Å². The van der Waals surface area contributed by atoms with E-state index in [4.69, 9.17) is 4.74 Å². The van der Waals surface area contributed by atoms with E-state index >= 15 is 0 Å². The molecule has 1 aliphatic carbocycles. The van der Waals surface area contributed by atoms with Crippen LogP contribution in [-0.2, 0) is 4.79 Å². The quantitative estimate of drug-likeness (QED) is 0.791. The highest BCUT2D eigenvalue weighted by molar-refractivity contribution is 5.84. The Morgan fingerprint density at radius 3 is 2.65 bits per heavy atom. The van der Waals surface area contributed by atoms with Crippen LogP contribution in [0.2, 0.25) is 0 Å². The van der Waals surface area contributed by atoms with Gasteiger partial charge in [-0.15, -0.1) is 0 Å². The van der Waals surface area contributed by atoms with E-state index < -0.39 is 0 Å². The minimum absolute atomic E-state index is 0.168. The number of carbonyl (C=O) groups excluding carboxylic acids is 1. The van der Waals surface area contributed by atoms with Gasteiger partial charge < -0.3 is 9.64 Å². The van der Waals surface area contributed by atoms with Gasteiger partial charge >= 0.3 is 0 Å². The fraction of sp³-hybridized carbons (Fsp3) is 0.545. The van der Waals surface area contributed by atoms with Crippen molar-refractivity contribution in [3.8, 4) is 5.75 Å². The van der Waals surface area contributed by atoms with E-state index in [9.17, 15) is 4.79 Å². The van der Waals surface area contributed by atoms with Gasteiger partial charge in [0.2, 0.25) is 5.91 Å². The van der Waals surface area contributed by atoms with Crippen molar-refractivity contribution in [2.24, 2.45) is 5.92 Å². The number of hydrogen-bond acceptors (Lipinski definition) is 3. The van der Waals surface area contributed by atoms with Crippen LogP contribution >= 0.6 is 0 Å². The maximum Gasteiger partial charge on any atom is 0.222 e. The Morgan fingerprint density at radius 2 is 1.85 bits per heavy atom. The Kier molecular flexibility index (Phi) is 5.37. The summed E-state index contributed by atoms with van der Waals surface area (Å²) in [6.07, 6.45) is 10.9. The molecule has 1 amide bonds. The number of amides is 1. The molecular formula is C22H28N2O2. The fourth-order valence-corrected chi connectivity index (χ4v) is 4.36. The van der Waals surface area contributed by atoms with Gasteiger partial charge in [-0.3, -0.25) is 9.78 Å². The van der Waals surface area contributed by atoms with E-state index in [-0.39, 0.29) is 6.10 Å². The van der Waals surface area contributed by atoms with Gasteiger partial charge in [-0.2, -0.15) is 0 Å². The average molecular weight is 352 g/mol. The van der Waals surface area contributed by atoms with Crippen LogP contribution in [0.25, 0.3) is 10.9 Å². The summed E-state index contributed by atoms with van der Waals surface area (Å²) in [5, 5.41) is 1.10. The predicted octanol–water partition coefficient (Wildman–Crippen LogP) is 4.58. The second-order valence-electron chi connectivity index (χ2n) is 7.72. The Hall–Kier alpha value is -2.10. The molecule has 1 aliphatic heterocycles. The number of nitrogens with zero attached hydrogens (tertiary/aromatic N) is 2. The summed E-state index contributed by atoms with van der Waals surface area (Å²) in [6.45, 7) is 1.62. The minimum atomic E-state index is 0.168. The zero-order chi connectivity index (χ0) is 17.8. The zero-order valence-electron chi connectivity index (χ0n) is 15.4. The third kappa shape index (κ3) is 4.00. The van der Waals surface area contributed by atoms with Crippen LogP contribution in [0, 0.1) is 5.92 Å². The van der Waals surface area contributed by atoms with Gasteiger partial charge in [0, 0.05) is 43.9 Å². The molecule has 2 heterocycles. The maximum atomic E-state index is 12.5. The smallest absolute Gasteiger partial charge is 0.222 e. The van der Waals surface area contributed by atoms with Gasteiger partial charge in [0.05, 0.1) is 0 Å². The number of rotatable bonds is 5. The normalized spacial score (nSPS) is 19.2. The minimum Gasteiger partial charge on any atom is -0.488 e. The van der Waals surface area contributed by atoms with Gasteiger partial charge in [-0.1, -0.05) is 43.9 Å². The topological polar surface area (TPSA) is 42.4 Å². The summed E-state index contributed by atoms with van der Waals surface area (Å²) in [5.41, 5.74) is 0.921. The van der Waals surface area contributed by atoms with Crippen LogP contribution in [0.1, 0.15) is 51.4 Å². The second-order valence-corrected chi connectivity index (χ2v) is 7.72. The largest absolute Gasteiger partial charge is 0.488 e. The lowest BCUT2D eigenvalue weighted by Crippen LogP contribution is -2.41. The number of ether oxygens (including phenoxy) is 1. The number of benzene rings is 1. The van der Waals surface area contributed by atoms with Crippen LogP contribution in [0.4, 0.5) is 0 Å². The van der Waals surface area contributed by atoms with Crippen molar-refractivity contribution < 1.29 is 9.53 Å². The molecule has 1 saturated heterocycles. The summed E-state index contributed by atoms with van der Waals surface area (Å²) in [4.78, 5) is 19.0. The van der Waals surface area contributed by atoms with Gasteiger partial charge in [0.25, 0.3) is 0 Å². The molecule has 138 valence electrons. The SMILES string of the molecule is O=C(CCC1CCCC1)N1CCC(Oc2cccc3cccnc23)CC1. The Morgan fingerprint density at radius 1 is 1.08 bits per heavy atom. The molecule has 0 bridgehead atoms. The summed E-state index contributed by atoms with van der Waals surface area (Å²) in [6, 6.07) is 10.1. The third-order valence-corrected chi connectivity index (χ3v) is 5.93. The van der Waals surface area contributed by atoms with Crippen LogP contribution in [0.3, 0.4) is 0 Å². The van der Waals surface area contributed by atoms with Crippen LogP contribution in [-0.4, -0.2) is 35.0 Å². The van der Waals surface area contributed by atoms with Gasteiger partial charge in [0.1, 0.15) is 17.4 Å². The molecule has 26 heavy (non-hydrogen) atoms. The van der Waals surface area contributed by atoms with Crippen molar-refractivity contribution in [3.63, 3.8) is 0 Å². The van der Waals surface area contributed by atoms with Gasteiger partial charge in [-0.25, -0.2) is 0 Å². The first-order valence-corrected chi connectivity index (χ1v) is 10.1. The fourth-order valence-electron chi connectivity index (χ4n) is 4.36. The molecule has 0 radical (unpaired) electrons.